The number of ether oxygens (including phenoxy) is 3. The minimum atomic E-state index is -1.12. The number of nitrogens with one attached hydrogen (secondary N) is 1. The first-order chi connectivity index (χ1) is 10.9. The van der Waals surface area contributed by atoms with E-state index in [4.69, 9.17) is 14.2 Å². The maximum Gasteiger partial charge on any atom is 0.330 e. The average molecular weight is 330 g/mol. The normalized spacial score (nSPS) is 28.9. The molecular weight excluding hydrogens is 308 g/mol. The quantitative estimate of drug-likeness (QED) is 0.581. The minimum Gasteiger partial charge on any atom is -0.394 e. The molecule has 1 aromatic rings. The predicted octanol–water partition coefficient (Wildman–Crippen LogP) is -1.48. The van der Waals surface area contributed by atoms with Gasteiger partial charge in [0.15, 0.2) is 6.23 Å². The van der Waals surface area contributed by atoms with E-state index in [9.17, 15) is 19.8 Å². The topological polar surface area (TPSA) is 123 Å². The molecular formula is C14H22N2O7. The van der Waals surface area contributed by atoms with Crippen molar-refractivity contribution in [2.24, 2.45) is 0 Å². The second-order valence-corrected chi connectivity index (χ2v) is 5.58. The van der Waals surface area contributed by atoms with Gasteiger partial charge in [-0.3, -0.25) is 14.3 Å². The summed E-state index contributed by atoms with van der Waals surface area (Å²) in [5.41, 5.74) is -0.850. The Labute approximate surface area is 132 Å². The number of aliphatic hydroxyl groups excluding tert-OH is 2. The van der Waals surface area contributed by atoms with Crippen LogP contribution in [0.2, 0.25) is 0 Å². The van der Waals surface area contributed by atoms with Crippen molar-refractivity contribution in [2.45, 2.75) is 44.5 Å². The zero-order chi connectivity index (χ0) is 17.1. The summed E-state index contributed by atoms with van der Waals surface area (Å²) in [6, 6.07) is 0. The van der Waals surface area contributed by atoms with Crippen molar-refractivity contribution >= 4 is 0 Å². The maximum absolute atomic E-state index is 12.0. The van der Waals surface area contributed by atoms with Crippen LogP contribution in [-0.2, 0) is 14.2 Å². The van der Waals surface area contributed by atoms with E-state index in [1.807, 2.05) is 0 Å². The van der Waals surface area contributed by atoms with Crippen LogP contribution in [0.5, 0.6) is 0 Å². The largest absolute Gasteiger partial charge is 0.394 e. The number of H-pyrrole nitrogens is 1. The molecule has 9 heteroatoms. The van der Waals surface area contributed by atoms with Crippen LogP contribution in [-0.4, -0.2) is 64.5 Å². The molecule has 0 aromatic carbocycles. The molecule has 2 unspecified atom stereocenters. The molecule has 5 atom stereocenters. The summed E-state index contributed by atoms with van der Waals surface area (Å²) < 4.78 is 17.4. The Kier molecular flexibility index (Phi) is 5.71. The van der Waals surface area contributed by atoms with E-state index in [0.29, 0.717) is 12.2 Å². The Balaban J connectivity index is 2.35. The molecule has 0 aliphatic carbocycles. The Hall–Kier alpha value is -1.52. The number of aromatic amines is 1. The van der Waals surface area contributed by atoms with Gasteiger partial charge in [0.1, 0.15) is 18.3 Å². The SMILES string of the molecule is COCC(C)O[C@H]1C(O)[C@@H](CO)O[C@H]1n1cc(C)c(=O)[nH]c1=O. The van der Waals surface area contributed by atoms with Crippen LogP contribution in [0.1, 0.15) is 18.7 Å². The standard InChI is InChI=1S/C14H22N2O7/c1-7-4-16(14(20)15-12(7)19)13-11(22-8(2)6-21-3)10(18)9(5-17)23-13/h4,8-11,13,17-18H,5-6H2,1-3H3,(H,15,19,20)/t8?,9-,10?,11+,13-/m1/s1. The van der Waals surface area contributed by atoms with Crippen molar-refractivity contribution in [1.82, 2.24) is 9.55 Å². The van der Waals surface area contributed by atoms with Crippen molar-refractivity contribution < 1.29 is 24.4 Å². The third-order valence-corrected chi connectivity index (χ3v) is 3.70. The molecule has 0 saturated carbocycles. The molecule has 2 heterocycles. The molecule has 2 rings (SSSR count). The van der Waals surface area contributed by atoms with Crippen LogP contribution in [0, 0.1) is 6.92 Å². The lowest BCUT2D eigenvalue weighted by Gasteiger charge is -2.25. The highest BCUT2D eigenvalue weighted by Gasteiger charge is 2.46. The first-order valence-electron chi connectivity index (χ1n) is 7.29. The number of hydrogen-bond donors (Lipinski definition) is 3. The molecule has 0 spiro atoms. The van der Waals surface area contributed by atoms with Gasteiger partial charge < -0.3 is 24.4 Å². The number of methoxy groups -OCH3 is 1. The van der Waals surface area contributed by atoms with E-state index in [-0.39, 0.29) is 6.10 Å². The number of aliphatic hydroxyl groups is 2. The van der Waals surface area contributed by atoms with Crippen LogP contribution in [0.3, 0.4) is 0 Å². The van der Waals surface area contributed by atoms with Crippen molar-refractivity contribution in [1.29, 1.82) is 0 Å². The molecule has 9 nitrogen and oxygen atoms in total. The number of nitrogens with zero attached hydrogens (tertiary/aromatic N) is 1. The van der Waals surface area contributed by atoms with Gasteiger partial charge in [0.05, 0.1) is 19.3 Å². The second-order valence-electron chi connectivity index (χ2n) is 5.58. The van der Waals surface area contributed by atoms with Gasteiger partial charge in [0.2, 0.25) is 0 Å². The number of rotatable bonds is 6. The van der Waals surface area contributed by atoms with Crippen molar-refractivity contribution in [2.75, 3.05) is 20.3 Å². The Morgan fingerprint density at radius 1 is 1.48 bits per heavy atom. The zero-order valence-electron chi connectivity index (χ0n) is 13.3. The summed E-state index contributed by atoms with van der Waals surface area (Å²) >= 11 is 0. The molecule has 1 aliphatic heterocycles. The first-order valence-corrected chi connectivity index (χ1v) is 7.29. The molecule has 0 amide bonds. The lowest BCUT2D eigenvalue weighted by Crippen LogP contribution is -2.41. The Bertz CT molecular complexity index is 641. The third kappa shape index (κ3) is 3.70. The summed E-state index contributed by atoms with van der Waals surface area (Å²) in [7, 11) is 1.52. The van der Waals surface area contributed by atoms with Crippen LogP contribution < -0.4 is 11.2 Å². The van der Waals surface area contributed by atoms with Crippen LogP contribution in [0.4, 0.5) is 0 Å². The predicted molar refractivity (Wildman–Crippen MR) is 79.3 cm³/mol. The molecule has 23 heavy (non-hydrogen) atoms. The molecule has 130 valence electrons. The first kappa shape index (κ1) is 17.8. The third-order valence-electron chi connectivity index (χ3n) is 3.70. The van der Waals surface area contributed by atoms with Gasteiger partial charge >= 0.3 is 5.69 Å². The summed E-state index contributed by atoms with van der Waals surface area (Å²) in [4.78, 5) is 25.7. The van der Waals surface area contributed by atoms with E-state index in [1.54, 1.807) is 13.8 Å². The summed E-state index contributed by atoms with van der Waals surface area (Å²) in [6.07, 6.45) is -2.88. The zero-order valence-corrected chi connectivity index (χ0v) is 13.3. The molecule has 1 aromatic heterocycles. The summed E-state index contributed by atoms with van der Waals surface area (Å²) in [5, 5.41) is 19.6. The molecule has 3 N–H and O–H groups in total. The average Bonchev–Trinajstić information content (AvgIpc) is 2.80. The number of aromatic nitrogens is 2. The van der Waals surface area contributed by atoms with Gasteiger partial charge in [0.25, 0.3) is 5.56 Å². The molecule has 0 radical (unpaired) electrons. The second kappa shape index (κ2) is 7.37. The van der Waals surface area contributed by atoms with E-state index in [0.717, 1.165) is 4.57 Å². The van der Waals surface area contributed by atoms with Crippen molar-refractivity contribution in [3.05, 3.63) is 32.6 Å². The van der Waals surface area contributed by atoms with Crippen molar-refractivity contribution in [3.63, 3.8) is 0 Å². The van der Waals surface area contributed by atoms with Gasteiger partial charge in [-0.15, -0.1) is 0 Å². The number of hydrogen-bond acceptors (Lipinski definition) is 7. The number of aryl methyl sites for hydroxylation is 1. The van der Waals surface area contributed by atoms with E-state index in [1.165, 1.54) is 13.3 Å². The molecule has 1 aliphatic rings. The van der Waals surface area contributed by atoms with Gasteiger partial charge in [0, 0.05) is 18.9 Å². The maximum atomic E-state index is 12.0. The lowest BCUT2D eigenvalue weighted by molar-refractivity contribution is -0.111. The van der Waals surface area contributed by atoms with E-state index < -0.39 is 42.4 Å². The van der Waals surface area contributed by atoms with Crippen LogP contribution >= 0.6 is 0 Å². The molecule has 1 saturated heterocycles. The lowest BCUT2D eigenvalue weighted by atomic mass is 10.1. The van der Waals surface area contributed by atoms with Crippen LogP contribution in [0.25, 0.3) is 0 Å². The fraction of sp³-hybridized carbons (Fsp3) is 0.714. The summed E-state index contributed by atoms with van der Waals surface area (Å²) in [6.45, 7) is 3.17. The van der Waals surface area contributed by atoms with E-state index >= 15 is 0 Å². The fourth-order valence-corrected chi connectivity index (χ4v) is 2.56. The van der Waals surface area contributed by atoms with Gasteiger partial charge in [-0.1, -0.05) is 0 Å². The highest BCUT2D eigenvalue weighted by atomic mass is 16.6. The minimum absolute atomic E-state index is 0.291. The van der Waals surface area contributed by atoms with Crippen LogP contribution in [0.15, 0.2) is 15.8 Å². The fourth-order valence-electron chi connectivity index (χ4n) is 2.56. The van der Waals surface area contributed by atoms with Gasteiger partial charge in [-0.25, -0.2) is 4.79 Å². The Morgan fingerprint density at radius 3 is 2.78 bits per heavy atom. The van der Waals surface area contributed by atoms with E-state index in [2.05, 4.69) is 4.98 Å². The smallest absolute Gasteiger partial charge is 0.330 e. The molecule has 1 fully saturated rings. The summed E-state index contributed by atoms with van der Waals surface area (Å²) in [5.74, 6) is 0. The van der Waals surface area contributed by atoms with Gasteiger partial charge in [-0.05, 0) is 13.8 Å². The highest BCUT2D eigenvalue weighted by Crippen LogP contribution is 2.31. The monoisotopic (exact) mass is 330 g/mol. The molecule has 0 bridgehead atoms. The Morgan fingerprint density at radius 2 is 2.17 bits per heavy atom. The van der Waals surface area contributed by atoms with Gasteiger partial charge in [-0.2, -0.15) is 0 Å². The van der Waals surface area contributed by atoms with Crippen molar-refractivity contribution in [3.8, 4) is 0 Å². The highest BCUT2D eigenvalue weighted by molar-refractivity contribution is 5.03.